The van der Waals surface area contributed by atoms with E-state index in [9.17, 15) is 9.59 Å². The van der Waals surface area contributed by atoms with Crippen LogP contribution in [0, 0.1) is 13.8 Å². The molecule has 0 N–H and O–H groups in total. The van der Waals surface area contributed by atoms with Crippen LogP contribution in [0.5, 0.6) is 0 Å². The van der Waals surface area contributed by atoms with E-state index in [1.807, 2.05) is 35.1 Å². The van der Waals surface area contributed by atoms with Crippen LogP contribution in [-0.2, 0) is 16.1 Å². The summed E-state index contributed by atoms with van der Waals surface area (Å²) in [5.74, 6) is 1.60. The summed E-state index contributed by atoms with van der Waals surface area (Å²) in [4.78, 5) is 33.1. The summed E-state index contributed by atoms with van der Waals surface area (Å²) in [7, 11) is 3.19. The van der Waals surface area contributed by atoms with Gasteiger partial charge in [-0.2, -0.15) is 0 Å². The highest BCUT2D eigenvalue weighted by molar-refractivity contribution is 6.20. The quantitative estimate of drug-likeness (QED) is 0.738. The summed E-state index contributed by atoms with van der Waals surface area (Å²) in [6, 6.07) is 2.71. The average Bonchev–Trinajstić information content (AvgIpc) is 3.35. The fourth-order valence-corrected chi connectivity index (χ4v) is 3.64. The van der Waals surface area contributed by atoms with Gasteiger partial charge in [-0.15, -0.1) is 0 Å². The number of hydrogen-bond donors (Lipinski definition) is 0. The zero-order valence-electron chi connectivity index (χ0n) is 15.8. The molecule has 2 aliphatic heterocycles. The number of imide groups is 1. The predicted molar refractivity (Wildman–Crippen MR) is 94.8 cm³/mol. The van der Waals surface area contributed by atoms with Crippen molar-refractivity contribution in [3.8, 4) is 0 Å². The van der Waals surface area contributed by atoms with Crippen molar-refractivity contribution in [1.82, 2.24) is 14.4 Å². The second kappa shape index (κ2) is 6.34. The van der Waals surface area contributed by atoms with Crippen LogP contribution in [0.1, 0.15) is 23.2 Å². The maximum Gasteiger partial charge on any atom is 0.402 e. The highest BCUT2D eigenvalue weighted by Crippen LogP contribution is 2.35. The third kappa shape index (κ3) is 2.49. The van der Waals surface area contributed by atoms with E-state index >= 15 is 0 Å². The molecule has 0 saturated carbocycles. The number of ether oxygens (including phenoxy) is 1. The molecule has 27 heavy (non-hydrogen) atoms. The minimum absolute atomic E-state index is 0.212. The third-order valence-electron chi connectivity index (χ3n) is 5.24. The normalized spacial score (nSPS) is 18.8. The van der Waals surface area contributed by atoms with Crippen LogP contribution >= 0.6 is 0 Å². The number of rotatable bonds is 5. The Labute approximate surface area is 156 Å². The monoisotopic (exact) mass is 372 g/mol. The Bertz CT molecular complexity index is 944. The van der Waals surface area contributed by atoms with Gasteiger partial charge in [0.1, 0.15) is 23.7 Å². The van der Waals surface area contributed by atoms with Gasteiger partial charge in [0, 0.05) is 14.2 Å². The zero-order chi connectivity index (χ0) is 19.3. The van der Waals surface area contributed by atoms with E-state index in [0.29, 0.717) is 24.9 Å². The van der Waals surface area contributed by atoms with Crippen molar-refractivity contribution < 1.29 is 23.3 Å². The van der Waals surface area contributed by atoms with Gasteiger partial charge in [-0.25, -0.2) is 13.9 Å². The Morgan fingerprint density at radius 2 is 2.11 bits per heavy atom. The molecule has 0 spiro atoms. The highest BCUT2D eigenvalue weighted by Gasteiger charge is 2.54. The molecule has 0 radical (unpaired) electrons. The minimum Gasteiger partial charge on any atom is -0.466 e. The number of furan rings is 1. The molecule has 142 valence electrons. The lowest BCUT2D eigenvalue weighted by Gasteiger charge is -2.33. The number of aromatic nitrogens is 2. The third-order valence-corrected chi connectivity index (χ3v) is 5.24. The van der Waals surface area contributed by atoms with Crippen molar-refractivity contribution in [3.05, 3.63) is 35.5 Å². The lowest BCUT2D eigenvalue weighted by molar-refractivity contribution is -0.682. The number of methoxy groups -OCH3 is 1. The van der Waals surface area contributed by atoms with Gasteiger partial charge in [0.25, 0.3) is 5.91 Å². The SMILES string of the molecule is COCCN1C(=O)C2C(=Nc3n2c(C)c(C)[n+]3Cc2ccco2)N(C)C1=O. The number of carbonyl (C=O) groups is 2. The first-order chi connectivity index (χ1) is 13.0. The molecule has 4 rings (SSSR count). The molecule has 2 aromatic rings. The van der Waals surface area contributed by atoms with Crippen molar-refractivity contribution in [2.24, 2.45) is 4.99 Å². The van der Waals surface area contributed by atoms with Crippen LogP contribution < -0.4 is 4.57 Å². The number of fused-ring (bicyclic) bond motifs is 3. The van der Waals surface area contributed by atoms with Crippen LogP contribution in [0.2, 0.25) is 0 Å². The molecule has 1 fully saturated rings. The summed E-state index contributed by atoms with van der Waals surface area (Å²) in [5.41, 5.74) is 1.93. The molecule has 4 heterocycles. The number of amides is 3. The fraction of sp³-hybridized carbons (Fsp3) is 0.444. The summed E-state index contributed by atoms with van der Waals surface area (Å²) >= 11 is 0. The Morgan fingerprint density at radius 1 is 1.33 bits per heavy atom. The topological polar surface area (TPSA) is 84.2 Å². The van der Waals surface area contributed by atoms with Crippen LogP contribution in [0.15, 0.2) is 27.8 Å². The van der Waals surface area contributed by atoms with E-state index in [0.717, 1.165) is 17.1 Å². The van der Waals surface area contributed by atoms with Gasteiger partial charge in [-0.05, 0) is 26.0 Å². The van der Waals surface area contributed by atoms with E-state index < -0.39 is 6.04 Å². The van der Waals surface area contributed by atoms with Crippen molar-refractivity contribution in [2.45, 2.75) is 26.4 Å². The molecule has 9 nitrogen and oxygen atoms in total. The van der Waals surface area contributed by atoms with Crippen LogP contribution in [0.25, 0.3) is 0 Å². The Hall–Kier alpha value is -2.94. The maximum atomic E-state index is 13.1. The number of urea groups is 1. The van der Waals surface area contributed by atoms with E-state index in [4.69, 9.17) is 9.15 Å². The molecule has 2 aromatic heterocycles. The van der Waals surface area contributed by atoms with E-state index in [2.05, 4.69) is 4.99 Å². The van der Waals surface area contributed by atoms with Crippen LogP contribution in [0.4, 0.5) is 10.7 Å². The average molecular weight is 372 g/mol. The molecule has 1 unspecified atom stereocenters. The number of hydrogen-bond acceptors (Lipinski definition) is 5. The second-order valence-corrected chi connectivity index (χ2v) is 6.70. The number of amidine groups is 1. The number of imidazole rings is 1. The van der Waals surface area contributed by atoms with Gasteiger partial charge in [0.15, 0.2) is 0 Å². The molecule has 3 amide bonds. The highest BCUT2D eigenvalue weighted by atomic mass is 16.5. The first kappa shape index (κ1) is 17.5. The Morgan fingerprint density at radius 3 is 2.78 bits per heavy atom. The Balaban J connectivity index is 1.78. The van der Waals surface area contributed by atoms with Gasteiger partial charge in [0.2, 0.25) is 11.9 Å². The molecule has 0 aromatic carbocycles. The van der Waals surface area contributed by atoms with Crippen molar-refractivity contribution in [3.63, 3.8) is 0 Å². The van der Waals surface area contributed by atoms with Gasteiger partial charge in [-0.1, -0.05) is 4.99 Å². The maximum absolute atomic E-state index is 13.1. The number of likely N-dealkylation sites (N-methyl/N-ethyl adjacent to an activating group) is 1. The summed E-state index contributed by atoms with van der Waals surface area (Å²) in [5, 5.41) is 0. The summed E-state index contributed by atoms with van der Waals surface area (Å²) < 4.78 is 14.4. The fourth-order valence-electron chi connectivity index (χ4n) is 3.64. The standard InChI is InChI=1S/C18H22N5O4/c1-11-12(2)23-14-15(19-17(23)22(11)10-13-6-5-8-27-13)20(3)18(25)21(16(14)24)7-9-26-4/h5-6,8,14H,7,9-10H2,1-4H3/q+1. The summed E-state index contributed by atoms with van der Waals surface area (Å²) in [6.45, 7) is 4.95. The first-order valence-corrected chi connectivity index (χ1v) is 8.76. The molecule has 9 heteroatoms. The lowest BCUT2D eigenvalue weighted by Crippen LogP contribution is -2.58. The van der Waals surface area contributed by atoms with Gasteiger partial charge in [0.05, 0.1) is 19.4 Å². The second-order valence-electron chi connectivity index (χ2n) is 6.70. The Kier molecular flexibility index (Phi) is 4.11. The molecule has 0 bridgehead atoms. The van der Waals surface area contributed by atoms with Crippen molar-refractivity contribution in [2.75, 3.05) is 27.3 Å². The minimum atomic E-state index is -0.642. The van der Waals surface area contributed by atoms with E-state index in [1.54, 1.807) is 20.4 Å². The zero-order valence-corrected chi connectivity index (χ0v) is 15.8. The molecule has 1 atom stereocenters. The molecule has 1 saturated heterocycles. The summed E-state index contributed by atoms with van der Waals surface area (Å²) in [6.07, 6.45) is 1.63. The van der Waals surface area contributed by atoms with Crippen molar-refractivity contribution >= 4 is 23.7 Å². The number of carbonyl (C=O) groups excluding carboxylic acids is 2. The lowest BCUT2D eigenvalue weighted by atomic mass is 10.1. The molecule has 0 aliphatic carbocycles. The number of aliphatic imine (C=N–C) groups is 1. The van der Waals surface area contributed by atoms with Crippen molar-refractivity contribution in [1.29, 1.82) is 0 Å². The number of nitrogens with zero attached hydrogens (tertiary/aromatic N) is 5. The van der Waals surface area contributed by atoms with Gasteiger partial charge >= 0.3 is 12.0 Å². The van der Waals surface area contributed by atoms with E-state index in [1.165, 1.54) is 9.80 Å². The molecule has 2 aliphatic rings. The smallest absolute Gasteiger partial charge is 0.402 e. The van der Waals surface area contributed by atoms with Gasteiger partial charge in [-0.3, -0.25) is 14.6 Å². The van der Waals surface area contributed by atoms with Gasteiger partial charge < -0.3 is 9.15 Å². The first-order valence-electron chi connectivity index (χ1n) is 8.76. The predicted octanol–water partition coefficient (Wildman–Crippen LogP) is 1.16. The molecular formula is C18H22N5O4+. The van der Waals surface area contributed by atoms with Crippen LogP contribution in [0.3, 0.4) is 0 Å². The largest absolute Gasteiger partial charge is 0.466 e. The van der Waals surface area contributed by atoms with E-state index in [-0.39, 0.29) is 18.5 Å². The van der Waals surface area contributed by atoms with Crippen LogP contribution in [-0.4, -0.2) is 59.4 Å². The molecular weight excluding hydrogens is 350 g/mol.